The summed E-state index contributed by atoms with van der Waals surface area (Å²) in [4.78, 5) is 19.6. The maximum absolute atomic E-state index is 12.7. The Balaban J connectivity index is 1.25. The van der Waals surface area contributed by atoms with Gasteiger partial charge in [0.05, 0.1) is 0 Å². The van der Waals surface area contributed by atoms with Gasteiger partial charge in [-0.3, -0.25) is 0 Å². The second-order valence-corrected chi connectivity index (χ2v) is 9.30. The Morgan fingerprint density at radius 3 is 1.83 bits per heavy atom. The fourth-order valence-electron chi connectivity index (χ4n) is 5.00. The van der Waals surface area contributed by atoms with Gasteiger partial charge < -0.3 is 20.0 Å². The summed E-state index contributed by atoms with van der Waals surface area (Å²) in [6.45, 7) is 8.16. The minimum absolute atomic E-state index is 0.145. The van der Waals surface area contributed by atoms with Crippen molar-refractivity contribution in [1.29, 1.82) is 0 Å². The molecular weight excluding hydrogens is 360 g/mol. The first-order valence-electron chi connectivity index (χ1n) is 11.8. The van der Waals surface area contributed by atoms with Crippen molar-refractivity contribution in [1.82, 2.24) is 10.2 Å². The molecule has 29 heavy (non-hydrogen) atoms. The summed E-state index contributed by atoms with van der Waals surface area (Å²) in [6.07, 6.45) is 10.0. The van der Waals surface area contributed by atoms with Gasteiger partial charge in [0.1, 0.15) is 0 Å². The Kier molecular flexibility index (Phi) is 6.83. The second kappa shape index (κ2) is 9.73. The molecule has 2 amide bonds. The highest BCUT2D eigenvalue weighted by atomic mass is 16.2. The second-order valence-electron chi connectivity index (χ2n) is 9.30. The van der Waals surface area contributed by atoms with E-state index in [0.29, 0.717) is 6.04 Å². The summed E-state index contributed by atoms with van der Waals surface area (Å²) >= 11 is 0. The molecule has 5 nitrogen and oxygen atoms in total. The van der Waals surface area contributed by atoms with Gasteiger partial charge in [-0.25, -0.2) is 4.79 Å². The van der Waals surface area contributed by atoms with E-state index in [0.717, 1.165) is 44.9 Å². The monoisotopic (exact) mass is 398 g/mol. The summed E-state index contributed by atoms with van der Waals surface area (Å²) in [5.41, 5.74) is 2.63. The van der Waals surface area contributed by atoms with Crippen LogP contribution in [-0.2, 0) is 0 Å². The topological polar surface area (TPSA) is 38.8 Å². The number of piperidine rings is 1. The number of nitrogens with zero attached hydrogens (tertiary/aromatic N) is 3. The lowest BCUT2D eigenvalue weighted by Gasteiger charge is -2.37. The number of rotatable bonds is 3. The van der Waals surface area contributed by atoms with Crippen molar-refractivity contribution < 1.29 is 4.79 Å². The molecule has 5 heteroatoms. The van der Waals surface area contributed by atoms with Crippen LogP contribution in [0.15, 0.2) is 24.3 Å². The fourth-order valence-corrected chi connectivity index (χ4v) is 5.00. The van der Waals surface area contributed by atoms with E-state index in [-0.39, 0.29) is 6.03 Å². The largest absolute Gasteiger partial charge is 0.372 e. The van der Waals surface area contributed by atoms with E-state index in [1.807, 2.05) is 4.90 Å². The Morgan fingerprint density at radius 2 is 1.28 bits per heavy atom. The van der Waals surface area contributed by atoms with Gasteiger partial charge in [-0.15, -0.1) is 0 Å². The number of piperazine rings is 1. The Labute approximate surface area is 176 Å². The quantitative estimate of drug-likeness (QED) is 0.763. The standard InChI is InChI=1S/C24H38N4O/c1-20-12-14-26(15-13-20)22-8-10-23(11-9-22)27-16-18-28(19-17-27)24(29)25-21-6-4-2-3-5-7-21/h8-11,20-21H,2-7,12-19H2,1H3,(H,25,29). The van der Waals surface area contributed by atoms with E-state index in [2.05, 4.69) is 46.3 Å². The first-order valence-corrected chi connectivity index (χ1v) is 11.8. The minimum atomic E-state index is 0.145. The number of carbonyl (C=O) groups is 1. The normalized spacial score (nSPS) is 22.4. The van der Waals surface area contributed by atoms with E-state index in [1.54, 1.807) is 0 Å². The van der Waals surface area contributed by atoms with E-state index in [4.69, 9.17) is 0 Å². The molecule has 0 spiro atoms. The first-order chi connectivity index (χ1) is 14.2. The lowest BCUT2D eigenvalue weighted by atomic mass is 9.99. The Morgan fingerprint density at radius 1 is 0.759 bits per heavy atom. The van der Waals surface area contributed by atoms with Crippen molar-refractivity contribution in [3.05, 3.63) is 24.3 Å². The third-order valence-electron chi connectivity index (χ3n) is 7.11. The molecule has 3 aliphatic rings. The van der Waals surface area contributed by atoms with Crippen molar-refractivity contribution in [2.75, 3.05) is 49.1 Å². The summed E-state index contributed by atoms with van der Waals surface area (Å²) in [5.74, 6) is 0.863. The van der Waals surface area contributed by atoms with Crippen LogP contribution in [0, 0.1) is 5.92 Å². The molecule has 4 rings (SSSR count). The molecule has 1 N–H and O–H groups in total. The summed E-state index contributed by atoms with van der Waals surface area (Å²) < 4.78 is 0. The van der Waals surface area contributed by atoms with Crippen LogP contribution in [-0.4, -0.2) is 56.2 Å². The van der Waals surface area contributed by atoms with Crippen molar-refractivity contribution in [3.63, 3.8) is 0 Å². The highest BCUT2D eigenvalue weighted by Gasteiger charge is 2.24. The van der Waals surface area contributed by atoms with Gasteiger partial charge in [-0.05, 0) is 55.9 Å². The van der Waals surface area contributed by atoms with Crippen LogP contribution in [0.2, 0.25) is 0 Å². The number of carbonyl (C=O) groups excluding carboxylic acids is 1. The van der Waals surface area contributed by atoms with Crippen LogP contribution in [0.25, 0.3) is 0 Å². The summed E-state index contributed by atoms with van der Waals surface area (Å²) in [7, 11) is 0. The number of benzene rings is 1. The van der Waals surface area contributed by atoms with E-state index >= 15 is 0 Å². The van der Waals surface area contributed by atoms with Gasteiger partial charge in [0.2, 0.25) is 0 Å². The zero-order valence-electron chi connectivity index (χ0n) is 18.1. The van der Waals surface area contributed by atoms with Gasteiger partial charge in [0.25, 0.3) is 0 Å². The van der Waals surface area contributed by atoms with Gasteiger partial charge in [-0.2, -0.15) is 0 Å². The van der Waals surface area contributed by atoms with Gasteiger partial charge in [-0.1, -0.05) is 32.6 Å². The molecule has 0 aromatic heterocycles. The average Bonchev–Trinajstić information content (AvgIpc) is 3.03. The molecule has 1 saturated carbocycles. The predicted octanol–water partition coefficient (Wildman–Crippen LogP) is 4.48. The van der Waals surface area contributed by atoms with Crippen molar-refractivity contribution >= 4 is 17.4 Å². The smallest absolute Gasteiger partial charge is 0.317 e. The summed E-state index contributed by atoms with van der Waals surface area (Å²) in [5, 5.41) is 3.29. The van der Waals surface area contributed by atoms with Crippen LogP contribution in [0.1, 0.15) is 58.3 Å². The molecule has 0 unspecified atom stereocenters. The minimum Gasteiger partial charge on any atom is -0.372 e. The van der Waals surface area contributed by atoms with Gasteiger partial charge in [0.15, 0.2) is 0 Å². The van der Waals surface area contributed by atoms with Crippen molar-refractivity contribution in [2.45, 2.75) is 64.3 Å². The third kappa shape index (κ3) is 5.37. The predicted molar refractivity (Wildman–Crippen MR) is 121 cm³/mol. The maximum Gasteiger partial charge on any atom is 0.317 e. The Hall–Kier alpha value is -1.91. The molecule has 0 bridgehead atoms. The number of amides is 2. The van der Waals surface area contributed by atoms with Crippen LogP contribution in [0.5, 0.6) is 0 Å². The average molecular weight is 399 g/mol. The lowest BCUT2D eigenvalue weighted by Crippen LogP contribution is -2.53. The lowest BCUT2D eigenvalue weighted by molar-refractivity contribution is 0.189. The third-order valence-corrected chi connectivity index (χ3v) is 7.11. The van der Waals surface area contributed by atoms with Gasteiger partial charge >= 0.3 is 6.03 Å². The van der Waals surface area contributed by atoms with Crippen LogP contribution in [0.3, 0.4) is 0 Å². The fraction of sp³-hybridized carbons (Fsp3) is 0.708. The highest BCUT2D eigenvalue weighted by Crippen LogP contribution is 2.26. The van der Waals surface area contributed by atoms with E-state index in [9.17, 15) is 4.79 Å². The van der Waals surface area contributed by atoms with Crippen LogP contribution < -0.4 is 15.1 Å². The number of hydrogen-bond donors (Lipinski definition) is 1. The molecule has 3 fully saturated rings. The van der Waals surface area contributed by atoms with Gasteiger partial charge in [0, 0.05) is 56.7 Å². The molecule has 1 aliphatic carbocycles. The molecule has 160 valence electrons. The number of nitrogens with one attached hydrogen (secondary N) is 1. The maximum atomic E-state index is 12.7. The molecule has 2 aliphatic heterocycles. The molecule has 2 heterocycles. The number of hydrogen-bond acceptors (Lipinski definition) is 3. The van der Waals surface area contributed by atoms with E-state index in [1.165, 1.54) is 63.0 Å². The first kappa shape index (κ1) is 20.4. The Bertz CT molecular complexity index is 637. The molecule has 1 aromatic rings. The zero-order chi connectivity index (χ0) is 20.1. The molecule has 0 radical (unpaired) electrons. The van der Waals surface area contributed by atoms with Crippen molar-refractivity contribution in [2.24, 2.45) is 5.92 Å². The zero-order valence-corrected chi connectivity index (χ0v) is 18.1. The highest BCUT2D eigenvalue weighted by molar-refractivity contribution is 5.75. The van der Waals surface area contributed by atoms with Crippen LogP contribution >= 0.6 is 0 Å². The molecular formula is C24H38N4O. The summed E-state index contributed by atoms with van der Waals surface area (Å²) in [6, 6.07) is 9.59. The number of urea groups is 1. The van der Waals surface area contributed by atoms with Crippen molar-refractivity contribution in [3.8, 4) is 0 Å². The van der Waals surface area contributed by atoms with E-state index < -0.39 is 0 Å². The SMILES string of the molecule is CC1CCN(c2ccc(N3CCN(C(=O)NC4CCCCCC4)CC3)cc2)CC1. The number of anilines is 2. The molecule has 2 saturated heterocycles. The molecule has 0 atom stereocenters. The molecule has 1 aromatic carbocycles. The van der Waals surface area contributed by atoms with Crippen LogP contribution in [0.4, 0.5) is 16.2 Å².